The van der Waals surface area contributed by atoms with Gasteiger partial charge in [0.1, 0.15) is 18.2 Å². The van der Waals surface area contributed by atoms with Gasteiger partial charge in [-0.1, -0.05) is 11.6 Å². The number of ether oxygens (including phenoxy) is 1. The van der Waals surface area contributed by atoms with Gasteiger partial charge in [0, 0.05) is 23.3 Å². The molecule has 0 aliphatic heterocycles. The van der Waals surface area contributed by atoms with E-state index in [1.54, 1.807) is 0 Å². The van der Waals surface area contributed by atoms with Gasteiger partial charge in [-0.2, -0.15) is 0 Å². The maximum atomic E-state index is 5.92. The van der Waals surface area contributed by atoms with Crippen molar-refractivity contribution in [2.45, 2.75) is 27.4 Å². The van der Waals surface area contributed by atoms with Crippen LogP contribution >= 0.6 is 11.6 Å². The lowest BCUT2D eigenvalue weighted by Gasteiger charge is -2.10. The maximum absolute atomic E-state index is 5.92. The summed E-state index contributed by atoms with van der Waals surface area (Å²) in [6.45, 7) is 7.10. The summed E-state index contributed by atoms with van der Waals surface area (Å²) in [5, 5.41) is 3.89. The Labute approximate surface area is 124 Å². The molecule has 0 bridgehead atoms. The third kappa shape index (κ3) is 3.84. The first kappa shape index (κ1) is 14.6. The molecule has 1 aromatic heterocycles. The van der Waals surface area contributed by atoms with E-state index in [1.807, 2.05) is 45.0 Å². The fourth-order valence-electron chi connectivity index (χ4n) is 1.88. The zero-order valence-electron chi connectivity index (χ0n) is 11.9. The smallest absolute Gasteiger partial charge is 0.168 e. The van der Waals surface area contributed by atoms with Crippen molar-refractivity contribution in [2.75, 3.05) is 11.9 Å². The Morgan fingerprint density at radius 1 is 1.20 bits per heavy atom. The largest absolute Gasteiger partial charge is 0.485 e. The molecule has 0 fully saturated rings. The maximum Gasteiger partial charge on any atom is 0.168 e. The molecule has 0 unspecified atom stereocenters. The van der Waals surface area contributed by atoms with Crippen LogP contribution in [0.25, 0.3) is 0 Å². The van der Waals surface area contributed by atoms with Crippen molar-refractivity contribution in [2.24, 2.45) is 0 Å². The van der Waals surface area contributed by atoms with Crippen LogP contribution in [-0.2, 0) is 6.61 Å². The van der Waals surface area contributed by atoms with Gasteiger partial charge in [-0.05, 0) is 44.5 Å². The van der Waals surface area contributed by atoms with E-state index in [-0.39, 0.29) is 0 Å². The van der Waals surface area contributed by atoms with Gasteiger partial charge in [0.15, 0.2) is 5.82 Å². The quantitative estimate of drug-likeness (QED) is 0.911. The van der Waals surface area contributed by atoms with Crippen molar-refractivity contribution >= 4 is 17.4 Å². The third-order valence-electron chi connectivity index (χ3n) is 2.75. The zero-order chi connectivity index (χ0) is 14.5. The van der Waals surface area contributed by atoms with E-state index in [9.17, 15) is 0 Å². The summed E-state index contributed by atoms with van der Waals surface area (Å²) in [6, 6.07) is 7.46. The number of aryl methyl sites for hydroxylation is 2. The zero-order valence-corrected chi connectivity index (χ0v) is 12.7. The average molecular weight is 292 g/mol. The fraction of sp³-hybridized carbons (Fsp3) is 0.333. The molecule has 4 nitrogen and oxygen atoms in total. The molecule has 0 saturated heterocycles. The lowest BCUT2D eigenvalue weighted by atomic mass is 10.2. The highest BCUT2D eigenvalue weighted by atomic mass is 35.5. The standard InChI is InChI=1S/C15H18ClN3O/c1-4-17-14-8-11(3)18-15(19-14)9-20-13-6-5-12(16)7-10(13)2/h5-8H,4,9H2,1-3H3,(H,17,18,19). The van der Waals surface area contributed by atoms with Crippen LogP contribution in [0.15, 0.2) is 24.3 Å². The predicted octanol–water partition coefficient (Wildman–Crippen LogP) is 3.76. The van der Waals surface area contributed by atoms with Crippen LogP contribution in [0.2, 0.25) is 5.02 Å². The first-order chi connectivity index (χ1) is 9.58. The van der Waals surface area contributed by atoms with Crippen molar-refractivity contribution in [3.63, 3.8) is 0 Å². The number of nitrogens with zero attached hydrogens (tertiary/aromatic N) is 2. The van der Waals surface area contributed by atoms with Crippen molar-refractivity contribution in [3.8, 4) is 5.75 Å². The summed E-state index contributed by atoms with van der Waals surface area (Å²) in [5.41, 5.74) is 1.92. The van der Waals surface area contributed by atoms with E-state index in [0.29, 0.717) is 17.5 Å². The lowest BCUT2D eigenvalue weighted by Crippen LogP contribution is -2.07. The van der Waals surface area contributed by atoms with Crippen LogP contribution < -0.4 is 10.1 Å². The Bertz CT molecular complexity index is 602. The summed E-state index contributed by atoms with van der Waals surface area (Å²) in [6.07, 6.45) is 0. The molecule has 0 amide bonds. The molecular formula is C15H18ClN3O. The number of rotatable bonds is 5. The normalized spacial score (nSPS) is 10.4. The molecule has 0 aliphatic rings. The van der Waals surface area contributed by atoms with Crippen LogP contribution in [0, 0.1) is 13.8 Å². The highest BCUT2D eigenvalue weighted by Crippen LogP contribution is 2.22. The van der Waals surface area contributed by atoms with Crippen LogP contribution in [0.3, 0.4) is 0 Å². The van der Waals surface area contributed by atoms with E-state index in [4.69, 9.17) is 16.3 Å². The Balaban J connectivity index is 2.10. The molecule has 1 aromatic carbocycles. The number of nitrogens with one attached hydrogen (secondary N) is 1. The number of anilines is 1. The van der Waals surface area contributed by atoms with Crippen LogP contribution in [-0.4, -0.2) is 16.5 Å². The number of hydrogen-bond donors (Lipinski definition) is 1. The third-order valence-corrected chi connectivity index (χ3v) is 2.99. The topological polar surface area (TPSA) is 47.0 Å². The Hall–Kier alpha value is -1.81. The van der Waals surface area contributed by atoms with Gasteiger partial charge in [-0.25, -0.2) is 9.97 Å². The van der Waals surface area contributed by atoms with E-state index in [1.165, 1.54) is 0 Å². The van der Waals surface area contributed by atoms with Gasteiger partial charge in [0.05, 0.1) is 0 Å². The molecule has 1 N–H and O–H groups in total. The minimum atomic E-state index is 0.336. The van der Waals surface area contributed by atoms with Crippen LogP contribution in [0.1, 0.15) is 24.0 Å². The molecule has 0 radical (unpaired) electrons. The molecule has 106 valence electrons. The summed E-state index contributed by atoms with van der Waals surface area (Å²) in [5.74, 6) is 2.28. The van der Waals surface area contributed by atoms with Crippen molar-refractivity contribution < 1.29 is 4.74 Å². The van der Waals surface area contributed by atoms with Gasteiger partial charge >= 0.3 is 0 Å². The minimum absolute atomic E-state index is 0.336. The molecule has 0 aliphatic carbocycles. The van der Waals surface area contributed by atoms with E-state index in [2.05, 4.69) is 15.3 Å². The SMILES string of the molecule is CCNc1cc(C)nc(COc2ccc(Cl)cc2C)n1. The Kier molecular flexibility index (Phi) is 4.79. The number of aromatic nitrogens is 2. The molecular weight excluding hydrogens is 274 g/mol. The first-order valence-corrected chi connectivity index (χ1v) is 6.93. The van der Waals surface area contributed by atoms with Gasteiger partial charge in [-0.15, -0.1) is 0 Å². The first-order valence-electron chi connectivity index (χ1n) is 6.56. The monoisotopic (exact) mass is 291 g/mol. The molecule has 2 aromatic rings. The van der Waals surface area contributed by atoms with Crippen LogP contribution in [0.4, 0.5) is 5.82 Å². The molecule has 2 rings (SSSR count). The minimum Gasteiger partial charge on any atom is -0.485 e. The number of halogens is 1. The summed E-state index contributed by atoms with van der Waals surface area (Å²) >= 11 is 5.92. The van der Waals surface area contributed by atoms with Gasteiger partial charge in [0.25, 0.3) is 0 Å². The molecule has 0 spiro atoms. The number of benzene rings is 1. The second-order valence-corrected chi connectivity index (χ2v) is 4.98. The summed E-state index contributed by atoms with van der Waals surface area (Å²) < 4.78 is 5.75. The fourth-order valence-corrected chi connectivity index (χ4v) is 2.11. The van der Waals surface area contributed by atoms with Crippen molar-refractivity contribution in [1.82, 2.24) is 9.97 Å². The van der Waals surface area contributed by atoms with E-state index in [0.717, 1.165) is 29.4 Å². The van der Waals surface area contributed by atoms with E-state index >= 15 is 0 Å². The molecule has 20 heavy (non-hydrogen) atoms. The van der Waals surface area contributed by atoms with E-state index < -0.39 is 0 Å². The predicted molar refractivity (Wildman–Crippen MR) is 81.5 cm³/mol. The molecule has 0 atom stereocenters. The second kappa shape index (κ2) is 6.57. The van der Waals surface area contributed by atoms with Gasteiger partial charge in [-0.3, -0.25) is 0 Å². The van der Waals surface area contributed by atoms with Crippen LogP contribution in [0.5, 0.6) is 5.75 Å². The lowest BCUT2D eigenvalue weighted by molar-refractivity contribution is 0.293. The average Bonchev–Trinajstić information content (AvgIpc) is 2.37. The van der Waals surface area contributed by atoms with Crippen molar-refractivity contribution in [3.05, 3.63) is 46.4 Å². The molecule has 5 heteroatoms. The number of hydrogen-bond acceptors (Lipinski definition) is 4. The summed E-state index contributed by atoms with van der Waals surface area (Å²) in [7, 11) is 0. The molecule has 0 saturated carbocycles. The second-order valence-electron chi connectivity index (χ2n) is 4.54. The highest BCUT2D eigenvalue weighted by molar-refractivity contribution is 6.30. The Morgan fingerprint density at radius 2 is 2.00 bits per heavy atom. The summed E-state index contributed by atoms with van der Waals surface area (Å²) in [4.78, 5) is 8.79. The molecule has 1 heterocycles. The Morgan fingerprint density at radius 3 is 2.70 bits per heavy atom. The highest BCUT2D eigenvalue weighted by Gasteiger charge is 2.05. The van der Waals surface area contributed by atoms with Crippen molar-refractivity contribution in [1.29, 1.82) is 0 Å². The van der Waals surface area contributed by atoms with Gasteiger partial charge in [0.2, 0.25) is 0 Å². The van der Waals surface area contributed by atoms with Gasteiger partial charge < -0.3 is 10.1 Å².